The van der Waals surface area contributed by atoms with Gasteiger partial charge in [0, 0.05) is 17.8 Å². The average Bonchev–Trinajstić information content (AvgIpc) is 2.84. The number of nitrogens with one attached hydrogen (secondary N) is 1. The van der Waals surface area contributed by atoms with Crippen LogP contribution in [0.25, 0.3) is 0 Å². The van der Waals surface area contributed by atoms with Crippen molar-refractivity contribution in [2.45, 2.75) is 25.3 Å². The molecule has 2 unspecified atom stereocenters. The number of rotatable bonds is 6. The first-order chi connectivity index (χ1) is 9.19. The molecule has 1 aliphatic rings. The third-order valence-electron chi connectivity index (χ3n) is 3.53. The SMILES string of the molecule is NCC1CCCC1Nc1cccc(OCC(N)=O)c1. The van der Waals surface area contributed by atoms with Crippen molar-refractivity contribution in [1.29, 1.82) is 0 Å². The van der Waals surface area contributed by atoms with E-state index in [1.165, 1.54) is 12.8 Å². The van der Waals surface area contributed by atoms with Crippen LogP contribution in [0.2, 0.25) is 0 Å². The summed E-state index contributed by atoms with van der Waals surface area (Å²) in [6.07, 6.45) is 3.55. The molecule has 2 rings (SSSR count). The first kappa shape index (κ1) is 13.7. The molecule has 1 aromatic rings. The van der Waals surface area contributed by atoms with Crippen LogP contribution in [0.15, 0.2) is 24.3 Å². The standard InChI is InChI=1S/C14H21N3O2/c15-8-10-3-1-6-13(10)17-11-4-2-5-12(7-11)19-9-14(16)18/h2,4-5,7,10,13,17H,1,3,6,8-9,15H2,(H2,16,18). The maximum Gasteiger partial charge on any atom is 0.255 e. The van der Waals surface area contributed by atoms with E-state index in [2.05, 4.69) is 5.32 Å². The van der Waals surface area contributed by atoms with E-state index in [1.807, 2.05) is 24.3 Å². The number of amides is 1. The molecule has 5 nitrogen and oxygen atoms in total. The van der Waals surface area contributed by atoms with Crippen LogP contribution in [0.1, 0.15) is 19.3 Å². The minimum atomic E-state index is -0.475. The number of nitrogens with two attached hydrogens (primary N) is 2. The quantitative estimate of drug-likeness (QED) is 0.716. The lowest BCUT2D eigenvalue weighted by Crippen LogP contribution is -2.29. The van der Waals surface area contributed by atoms with Crippen molar-refractivity contribution in [3.8, 4) is 5.75 Å². The van der Waals surface area contributed by atoms with Crippen molar-refractivity contribution in [1.82, 2.24) is 0 Å². The van der Waals surface area contributed by atoms with Crippen LogP contribution in [0.4, 0.5) is 5.69 Å². The van der Waals surface area contributed by atoms with E-state index in [1.54, 1.807) is 0 Å². The van der Waals surface area contributed by atoms with E-state index in [9.17, 15) is 4.79 Å². The zero-order valence-electron chi connectivity index (χ0n) is 11.0. The number of anilines is 1. The second-order valence-electron chi connectivity index (χ2n) is 4.96. The Morgan fingerprint density at radius 1 is 1.42 bits per heavy atom. The van der Waals surface area contributed by atoms with Gasteiger partial charge in [-0.1, -0.05) is 12.5 Å². The van der Waals surface area contributed by atoms with Gasteiger partial charge in [0.1, 0.15) is 5.75 Å². The topological polar surface area (TPSA) is 90.4 Å². The van der Waals surface area contributed by atoms with E-state index < -0.39 is 5.91 Å². The molecule has 5 heteroatoms. The molecule has 0 aliphatic heterocycles. The second kappa shape index (κ2) is 6.43. The lowest BCUT2D eigenvalue weighted by Gasteiger charge is -2.21. The molecule has 0 spiro atoms. The highest BCUT2D eigenvalue weighted by molar-refractivity contribution is 5.75. The molecule has 5 N–H and O–H groups in total. The van der Waals surface area contributed by atoms with Gasteiger partial charge in [0.15, 0.2) is 6.61 Å². The van der Waals surface area contributed by atoms with Crippen LogP contribution in [0, 0.1) is 5.92 Å². The van der Waals surface area contributed by atoms with Crippen molar-refractivity contribution in [2.75, 3.05) is 18.5 Å². The normalized spacial score (nSPS) is 22.2. The van der Waals surface area contributed by atoms with Crippen LogP contribution in [-0.2, 0) is 4.79 Å². The molecule has 104 valence electrons. The Hall–Kier alpha value is -1.75. The van der Waals surface area contributed by atoms with Crippen LogP contribution in [0.5, 0.6) is 5.75 Å². The van der Waals surface area contributed by atoms with Gasteiger partial charge in [0.25, 0.3) is 5.91 Å². The summed E-state index contributed by atoms with van der Waals surface area (Å²) in [6.45, 7) is 0.619. The third kappa shape index (κ3) is 3.86. The number of carbonyl (C=O) groups excluding carboxylic acids is 1. The number of primary amides is 1. The molecule has 0 saturated heterocycles. The Balaban J connectivity index is 1.96. The first-order valence-electron chi connectivity index (χ1n) is 6.67. The van der Waals surface area contributed by atoms with Gasteiger partial charge in [-0.15, -0.1) is 0 Å². The van der Waals surface area contributed by atoms with Crippen molar-refractivity contribution in [2.24, 2.45) is 17.4 Å². The van der Waals surface area contributed by atoms with Gasteiger partial charge in [-0.2, -0.15) is 0 Å². The van der Waals surface area contributed by atoms with E-state index >= 15 is 0 Å². The fourth-order valence-corrected chi connectivity index (χ4v) is 2.55. The molecule has 1 aromatic carbocycles. The van der Waals surface area contributed by atoms with E-state index in [-0.39, 0.29) is 6.61 Å². The molecule has 1 fully saturated rings. The van der Waals surface area contributed by atoms with Gasteiger partial charge < -0.3 is 21.5 Å². The van der Waals surface area contributed by atoms with E-state index in [4.69, 9.17) is 16.2 Å². The first-order valence-corrected chi connectivity index (χ1v) is 6.67. The monoisotopic (exact) mass is 263 g/mol. The summed E-state index contributed by atoms with van der Waals surface area (Å²) >= 11 is 0. The molecule has 0 aromatic heterocycles. The highest BCUT2D eigenvalue weighted by atomic mass is 16.5. The lowest BCUT2D eigenvalue weighted by atomic mass is 10.0. The smallest absolute Gasteiger partial charge is 0.255 e. The Bertz CT molecular complexity index is 436. The fourth-order valence-electron chi connectivity index (χ4n) is 2.55. The molecule has 2 atom stereocenters. The van der Waals surface area contributed by atoms with Crippen molar-refractivity contribution < 1.29 is 9.53 Å². The van der Waals surface area contributed by atoms with Crippen molar-refractivity contribution >= 4 is 11.6 Å². The summed E-state index contributed by atoms with van der Waals surface area (Å²) in [5.74, 6) is 0.707. The minimum Gasteiger partial charge on any atom is -0.484 e. The zero-order valence-corrected chi connectivity index (χ0v) is 11.0. The molecular formula is C14H21N3O2. The predicted molar refractivity (Wildman–Crippen MR) is 74.9 cm³/mol. The summed E-state index contributed by atoms with van der Waals surface area (Å²) in [4.78, 5) is 10.7. The van der Waals surface area contributed by atoms with E-state index in [0.29, 0.717) is 17.7 Å². The molecule has 0 radical (unpaired) electrons. The van der Waals surface area contributed by atoms with Crippen LogP contribution >= 0.6 is 0 Å². The summed E-state index contributed by atoms with van der Waals surface area (Å²) in [6, 6.07) is 8.00. The van der Waals surface area contributed by atoms with E-state index in [0.717, 1.165) is 18.7 Å². The lowest BCUT2D eigenvalue weighted by molar-refractivity contribution is -0.119. The minimum absolute atomic E-state index is 0.0989. The van der Waals surface area contributed by atoms with Gasteiger partial charge in [-0.05, 0) is 37.4 Å². The Labute approximate surface area is 113 Å². The number of hydrogen-bond donors (Lipinski definition) is 3. The molecule has 1 aliphatic carbocycles. The Kier molecular flexibility index (Phi) is 4.63. The Morgan fingerprint density at radius 2 is 2.26 bits per heavy atom. The maximum absolute atomic E-state index is 10.7. The largest absolute Gasteiger partial charge is 0.484 e. The predicted octanol–water partition coefficient (Wildman–Crippen LogP) is 1.09. The molecule has 1 saturated carbocycles. The van der Waals surface area contributed by atoms with Crippen LogP contribution in [0.3, 0.4) is 0 Å². The molecule has 0 bridgehead atoms. The maximum atomic E-state index is 10.7. The summed E-state index contributed by atoms with van der Waals surface area (Å²) in [5, 5.41) is 3.49. The molecule has 1 amide bonds. The van der Waals surface area contributed by atoms with Crippen LogP contribution < -0.4 is 21.5 Å². The fraction of sp³-hybridized carbons (Fsp3) is 0.500. The van der Waals surface area contributed by atoms with Gasteiger partial charge >= 0.3 is 0 Å². The molecule has 19 heavy (non-hydrogen) atoms. The zero-order chi connectivity index (χ0) is 13.7. The van der Waals surface area contributed by atoms with Gasteiger partial charge in [-0.25, -0.2) is 0 Å². The van der Waals surface area contributed by atoms with Gasteiger partial charge in [-0.3, -0.25) is 4.79 Å². The van der Waals surface area contributed by atoms with Gasteiger partial charge in [0.2, 0.25) is 0 Å². The number of carbonyl (C=O) groups is 1. The molecule has 0 heterocycles. The Morgan fingerprint density at radius 3 is 3.00 bits per heavy atom. The summed E-state index contributed by atoms with van der Waals surface area (Å²) in [7, 11) is 0. The van der Waals surface area contributed by atoms with Crippen molar-refractivity contribution in [3.63, 3.8) is 0 Å². The molecular weight excluding hydrogens is 242 g/mol. The highest BCUT2D eigenvalue weighted by Gasteiger charge is 2.25. The summed E-state index contributed by atoms with van der Waals surface area (Å²) in [5.41, 5.74) is 11.8. The van der Waals surface area contributed by atoms with Crippen molar-refractivity contribution in [3.05, 3.63) is 24.3 Å². The average molecular weight is 263 g/mol. The number of benzene rings is 1. The highest BCUT2D eigenvalue weighted by Crippen LogP contribution is 2.28. The van der Waals surface area contributed by atoms with Gasteiger partial charge in [0.05, 0.1) is 0 Å². The number of hydrogen-bond acceptors (Lipinski definition) is 4. The third-order valence-corrected chi connectivity index (χ3v) is 3.53. The number of ether oxygens (including phenoxy) is 1. The summed E-state index contributed by atoms with van der Waals surface area (Å²) < 4.78 is 5.29. The van der Waals surface area contributed by atoms with Crippen LogP contribution in [-0.4, -0.2) is 25.1 Å². The second-order valence-corrected chi connectivity index (χ2v) is 4.96.